The Kier molecular flexibility index (Phi) is 2.41. The molecule has 1 aromatic rings. The Morgan fingerprint density at radius 3 is 2.44 bits per heavy atom. The zero-order valence-electron chi connectivity index (χ0n) is 5.28. The number of hydrogen-bond donors (Lipinski definition) is 0. The highest BCUT2D eigenvalue weighted by atomic mass is 31.1. The molecule has 0 aliphatic heterocycles. The minimum Gasteiger partial charge on any atom is -0.233 e. The van der Waals surface area contributed by atoms with Crippen molar-refractivity contribution in [3.8, 4) is 0 Å². The molecule has 0 radical (unpaired) electrons. The van der Waals surface area contributed by atoms with Gasteiger partial charge in [0.25, 0.3) is 0 Å². The smallest absolute Gasteiger partial charge is 0.0675 e. The van der Waals surface area contributed by atoms with Gasteiger partial charge in [-0.2, -0.15) is 0 Å². The van der Waals surface area contributed by atoms with Crippen LogP contribution in [0, 0.1) is 0 Å². The quantitative estimate of drug-likeness (QED) is 0.527. The summed E-state index contributed by atoms with van der Waals surface area (Å²) in [7, 11) is 1.07. The van der Waals surface area contributed by atoms with E-state index >= 15 is 0 Å². The van der Waals surface area contributed by atoms with Crippen LogP contribution in [-0.4, -0.2) is 6.66 Å². The van der Waals surface area contributed by atoms with Crippen molar-refractivity contribution in [1.82, 2.24) is 0 Å². The van der Waals surface area contributed by atoms with Gasteiger partial charge in [0.1, 0.15) is 0 Å². The van der Waals surface area contributed by atoms with Gasteiger partial charge in [0.05, 0.1) is 5.69 Å². The predicted octanol–water partition coefficient (Wildman–Crippen LogP) is 3.08. The van der Waals surface area contributed by atoms with E-state index in [0.717, 1.165) is 14.1 Å². The summed E-state index contributed by atoms with van der Waals surface area (Å²) in [6, 6.07) is 9.96. The first-order chi connectivity index (χ1) is 4.43. The Bertz CT molecular complexity index is 193. The lowest BCUT2D eigenvalue weighted by molar-refractivity contribution is 1.57. The minimum atomic E-state index is 1.06. The monoisotopic (exact) mass is 137 g/mol. The van der Waals surface area contributed by atoms with Gasteiger partial charge in [0, 0.05) is 8.37 Å². The van der Waals surface area contributed by atoms with E-state index in [2.05, 4.69) is 4.74 Å². The Labute approximate surface area is 56.6 Å². The number of rotatable bonds is 1. The van der Waals surface area contributed by atoms with Gasteiger partial charge in [-0.05, 0) is 18.8 Å². The summed E-state index contributed by atoms with van der Waals surface area (Å²) in [6.07, 6.45) is 0. The Morgan fingerprint density at radius 2 is 1.89 bits per heavy atom. The number of nitrogens with zero attached hydrogens (tertiary/aromatic N) is 1. The lowest BCUT2D eigenvalue weighted by atomic mass is 10.3. The maximum Gasteiger partial charge on any atom is 0.0675 e. The second-order valence-corrected chi connectivity index (χ2v) is 2.24. The molecule has 0 saturated heterocycles. The van der Waals surface area contributed by atoms with E-state index in [1.807, 2.05) is 37.0 Å². The molecule has 2 heteroatoms. The van der Waals surface area contributed by atoms with Crippen molar-refractivity contribution in [1.29, 1.82) is 0 Å². The molecule has 0 spiro atoms. The third-order valence-electron chi connectivity index (χ3n) is 0.972. The van der Waals surface area contributed by atoms with Gasteiger partial charge >= 0.3 is 0 Å². The van der Waals surface area contributed by atoms with Crippen LogP contribution in [0.15, 0.2) is 35.1 Å². The molecule has 0 aliphatic rings. The average Bonchev–Trinajstić information content (AvgIpc) is 1.91. The molecule has 0 aliphatic carbocycles. The van der Waals surface area contributed by atoms with Crippen molar-refractivity contribution in [2.24, 2.45) is 4.74 Å². The lowest BCUT2D eigenvalue weighted by Crippen LogP contribution is -1.56. The van der Waals surface area contributed by atoms with Crippen LogP contribution in [0.3, 0.4) is 0 Å². The fourth-order valence-electron chi connectivity index (χ4n) is 0.610. The van der Waals surface area contributed by atoms with Crippen LogP contribution in [0.2, 0.25) is 0 Å². The summed E-state index contributed by atoms with van der Waals surface area (Å²) in [6.45, 7) is 2.01. The van der Waals surface area contributed by atoms with E-state index in [1.54, 1.807) is 0 Å². The highest BCUT2D eigenvalue weighted by Gasteiger charge is 1.79. The first kappa shape index (κ1) is 6.44. The van der Waals surface area contributed by atoms with Gasteiger partial charge in [-0.3, -0.25) is 0 Å². The Morgan fingerprint density at radius 1 is 1.22 bits per heavy atom. The molecule has 0 aromatic heterocycles. The minimum absolute atomic E-state index is 1.06. The van der Waals surface area contributed by atoms with E-state index in [9.17, 15) is 0 Å². The van der Waals surface area contributed by atoms with Crippen molar-refractivity contribution >= 4 is 14.1 Å². The van der Waals surface area contributed by atoms with Crippen LogP contribution in [0.4, 0.5) is 5.69 Å². The van der Waals surface area contributed by atoms with Gasteiger partial charge in [-0.1, -0.05) is 18.2 Å². The maximum atomic E-state index is 4.18. The predicted molar refractivity (Wildman–Crippen MR) is 41.4 cm³/mol. The van der Waals surface area contributed by atoms with E-state index in [4.69, 9.17) is 0 Å². The summed E-state index contributed by atoms with van der Waals surface area (Å²) in [5, 5.41) is 0. The fourth-order valence-corrected chi connectivity index (χ4v) is 0.974. The Balaban J connectivity index is 2.85. The van der Waals surface area contributed by atoms with Gasteiger partial charge in [-0.15, -0.1) is 0 Å². The van der Waals surface area contributed by atoms with Crippen LogP contribution in [0.5, 0.6) is 0 Å². The highest BCUT2D eigenvalue weighted by Crippen LogP contribution is 2.13. The van der Waals surface area contributed by atoms with Crippen LogP contribution in [0.25, 0.3) is 0 Å². The highest BCUT2D eigenvalue weighted by molar-refractivity contribution is 7.25. The zero-order valence-corrected chi connectivity index (χ0v) is 6.18. The third kappa shape index (κ3) is 1.95. The molecule has 0 saturated carbocycles. The molecule has 1 nitrogen and oxygen atoms in total. The summed E-state index contributed by atoms with van der Waals surface area (Å²) in [4.78, 5) is 0. The first-order valence-electron chi connectivity index (χ1n) is 2.78. The summed E-state index contributed by atoms with van der Waals surface area (Å²) in [5.74, 6) is 0. The second-order valence-electron chi connectivity index (χ2n) is 1.64. The molecule has 0 fully saturated rings. The topological polar surface area (TPSA) is 12.4 Å². The van der Waals surface area contributed by atoms with Crippen LogP contribution < -0.4 is 0 Å². The van der Waals surface area contributed by atoms with E-state index in [1.165, 1.54) is 0 Å². The molecule has 1 aromatic carbocycles. The molecule has 0 N–H and O–H groups in total. The maximum absolute atomic E-state index is 4.18. The van der Waals surface area contributed by atoms with Gasteiger partial charge < -0.3 is 0 Å². The fraction of sp³-hybridized carbons (Fsp3) is 0.143. The van der Waals surface area contributed by atoms with Crippen LogP contribution in [0.1, 0.15) is 0 Å². The Hall–Kier alpha value is -0.680. The molecular weight excluding hydrogens is 129 g/mol. The number of hydrogen-bond acceptors (Lipinski definition) is 1. The SMILES string of the molecule is CP=Nc1ccccc1. The van der Waals surface area contributed by atoms with Gasteiger partial charge in [-0.25, -0.2) is 4.74 Å². The molecule has 9 heavy (non-hydrogen) atoms. The van der Waals surface area contributed by atoms with Crippen molar-refractivity contribution in [3.63, 3.8) is 0 Å². The largest absolute Gasteiger partial charge is 0.233 e. The van der Waals surface area contributed by atoms with Gasteiger partial charge in [0.2, 0.25) is 0 Å². The van der Waals surface area contributed by atoms with E-state index in [-0.39, 0.29) is 0 Å². The molecule has 0 bridgehead atoms. The molecule has 46 valence electrons. The summed E-state index contributed by atoms with van der Waals surface area (Å²) >= 11 is 0. The molecular formula is C7H8NP. The summed E-state index contributed by atoms with van der Waals surface area (Å²) < 4.78 is 4.18. The van der Waals surface area contributed by atoms with E-state index in [0.29, 0.717) is 0 Å². The van der Waals surface area contributed by atoms with E-state index < -0.39 is 0 Å². The summed E-state index contributed by atoms with van der Waals surface area (Å²) in [5.41, 5.74) is 1.06. The molecule has 0 unspecified atom stereocenters. The molecule has 0 amide bonds. The second kappa shape index (κ2) is 3.37. The van der Waals surface area contributed by atoms with Crippen molar-refractivity contribution in [3.05, 3.63) is 30.3 Å². The van der Waals surface area contributed by atoms with Crippen LogP contribution in [-0.2, 0) is 0 Å². The van der Waals surface area contributed by atoms with Crippen molar-refractivity contribution < 1.29 is 0 Å². The standard InChI is InChI=1S/C7H8NP/c1-9-8-7-5-3-2-4-6-7/h2-6H,1H3. The van der Waals surface area contributed by atoms with Crippen molar-refractivity contribution in [2.75, 3.05) is 6.66 Å². The third-order valence-corrected chi connectivity index (χ3v) is 1.40. The zero-order chi connectivity index (χ0) is 6.53. The van der Waals surface area contributed by atoms with Gasteiger partial charge in [0.15, 0.2) is 0 Å². The molecule has 1 rings (SSSR count). The molecule has 0 heterocycles. The normalized spacial score (nSPS) is 10.3. The molecule has 0 atom stereocenters. The first-order valence-corrected chi connectivity index (χ1v) is 4.08. The average molecular weight is 137 g/mol. The number of benzene rings is 1. The van der Waals surface area contributed by atoms with Crippen LogP contribution >= 0.6 is 8.37 Å². The lowest BCUT2D eigenvalue weighted by Gasteiger charge is -1.86. The van der Waals surface area contributed by atoms with Crippen molar-refractivity contribution in [2.45, 2.75) is 0 Å².